The first kappa shape index (κ1) is 20.3. The molecule has 0 spiro atoms. The first-order valence-electron chi connectivity index (χ1n) is 7.44. The molecule has 1 aliphatic rings. The number of hydrogen-bond donors (Lipinski definition) is 0. The van der Waals surface area contributed by atoms with Crippen LogP contribution in [0.1, 0.15) is 0 Å². The molecule has 0 unspecified atom stereocenters. The van der Waals surface area contributed by atoms with Gasteiger partial charge in [-0.2, -0.15) is 18.2 Å². The van der Waals surface area contributed by atoms with Gasteiger partial charge in [0.1, 0.15) is 24.6 Å². The van der Waals surface area contributed by atoms with Crippen LogP contribution in [0.5, 0.6) is 0 Å². The van der Waals surface area contributed by atoms with E-state index < -0.39 is 11.9 Å². The van der Waals surface area contributed by atoms with Crippen LogP contribution in [-0.4, -0.2) is 43.6 Å². The van der Waals surface area contributed by atoms with Gasteiger partial charge in [-0.15, -0.1) is 22.8 Å². The van der Waals surface area contributed by atoms with Crippen LogP contribution in [0.4, 0.5) is 14.5 Å². The zero-order valence-electron chi connectivity index (χ0n) is 14.0. The molecule has 0 saturated carbocycles. The maximum Gasteiger partial charge on any atom is 0.420 e. The van der Waals surface area contributed by atoms with Crippen LogP contribution in [0.25, 0.3) is 11.4 Å². The number of rotatable bonds is 2. The fourth-order valence-electron chi connectivity index (χ4n) is 1.92. The molecule has 0 N–H and O–H groups in total. The van der Waals surface area contributed by atoms with Crippen molar-refractivity contribution in [3.8, 4) is 11.4 Å². The monoisotopic (exact) mass is 543 g/mol. The molecule has 0 bridgehead atoms. The van der Waals surface area contributed by atoms with Gasteiger partial charge < -0.3 is 0 Å². The third-order valence-corrected chi connectivity index (χ3v) is 3.05. The number of pyridine rings is 1. The Morgan fingerprint density at radius 3 is 2.44 bits per heavy atom. The van der Waals surface area contributed by atoms with Gasteiger partial charge in [0.25, 0.3) is 0 Å². The first-order chi connectivity index (χ1) is 12.6. The zero-order chi connectivity index (χ0) is 18.4. The topological polar surface area (TPSA) is 57.0 Å². The van der Waals surface area contributed by atoms with Crippen LogP contribution in [0.2, 0.25) is 0 Å². The number of benzene rings is 1. The normalized spacial score (nSPS) is 11.7. The first-order valence-corrected chi connectivity index (χ1v) is 7.44. The Labute approximate surface area is 167 Å². The molecule has 1 aromatic carbocycles. The Morgan fingerprint density at radius 1 is 1.07 bits per heavy atom. The number of halogens is 2. The summed E-state index contributed by atoms with van der Waals surface area (Å²) in [6, 6.07) is 18.6. The van der Waals surface area contributed by atoms with Crippen LogP contribution in [-0.2, 0) is 20.1 Å². The van der Waals surface area contributed by atoms with Gasteiger partial charge in [-0.05, 0) is 6.07 Å². The van der Waals surface area contributed by atoms with Gasteiger partial charge in [0.05, 0.1) is 10.5 Å². The Balaban J connectivity index is 0.000000189. The van der Waals surface area contributed by atoms with Crippen LogP contribution >= 0.6 is 0 Å². The number of hydrazone groups is 1. The molecule has 1 aliphatic heterocycles. The largest absolute Gasteiger partial charge is 0.420 e. The molecule has 137 valence electrons. The molecule has 0 amide bonds. The van der Waals surface area contributed by atoms with Crippen LogP contribution in [0, 0.1) is 24.0 Å². The van der Waals surface area contributed by atoms with Crippen LogP contribution in [0.3, 0.4) is 0 Å². The Morgan fingerprint density at radius 2 is 1.85 bits per heavy atom. The van der Waals surface area contributed by atoms with E-state index in [0.29, 0.717) is 0 Å². The number of para-hydroxylation sites is 1. The van der Waals surface area contributed by atoms with E-state index in [2.05, 4.69) is 38.2 Å². The Kier molecular flexibility index (Phi) is 7.25. The second-order valence-corrected chi connectivity index (χ2v) is 4.96. The van der Waals surface area contributed by atoms with Crippen molar-refractivity contribution in [2.45, 2.75) is 0 Å². The van der Waals surface area contributed by atoms with Gasteiger partial charge in [0.2, 0.25) is 5.10 Å². The Hall–Kier alpha value is -2.99. The van der Waals surface area contributed by atoms with Crippen molar-refractivity contribution in [2.75, 3.05) is 7.05 Å². The summed E-state index contributed by atoms with van der Waals surface area (Å²) in [7, 11) is 1.88. The van der Waals surface area contributed by atoms with E-state index in [1.54, 1.807) is 21.7 Å². The van der Waals surface area contributed by atoms with Crippen molar-refractivity contribution < 1.29 is 38.1 Å². The summed E-state index contributed by atoms with van der Waals surface area (Å²) in [6.07, 6.45) is 4.61. The molecule has 0 fully saturated rings. The molecule has 1 radical (unpaired) electrons. The van der Waals surface area contributed by atoms with Crippen LogP contribution < -0.4 is 0 Å². The minimum atomic E-state index is -0.962. The molecule has 0 saturated heterocycles. The van der Waals surface area contributed by atoms with Gasteiger partial charge >= 0.3 is 12.3 Å². The molecule has 4 rings (SSSR count). The van der Waals surface area contributed by atoms with E-state index in [0.717, 1.165) is 11.8 Å². The van der Waals surface area contributed by atoms with Crippen molar-refractivity contribution in [3.63, 3.8) is 0 Å². The summed E-state index contributed by atoms with van der Waals surface area (Å²) in [4.78, 5) is 10.6. The van der Waals surface area contributed by atoms with Gasteiger partial charge in [-0.1, -0.05) is 11.6 Å². The number of nitrogens with zero attached hydrogens (tertiary/aromatic N) is 6. The molecule has 9 heteroatoms. The fourth-order valence-corrected chi connectivity index (χ4v) is 1.92. The minimum absolute atomic E-state index is 0. The maximum atomic E-state index is 13.1. The summed E-state index contributed by atoms with van der Waals surface area (Å²) in [6.45, 7) is 0. The second-order valence-electron chi connectivity index (χ2n) is 4.96. The van der Waals surface area contributed by atoms with Crippen molar-refractivity contribution in [2.24, 2.45) is 5.10 Å². The van der Waals surface area contributed by atoms with E-state index in [-0.39, 0.29) is 31.5 Å². The molecular formula is C18H12F2IrN6. The van der Waals surface area contributed by atoms with E-state index in [1.807, 2.05) is 31.3 Å². The van der Waals surface area contributed by atoms with Crippen molar-refractivity contribution in [3.05, 3.63) is 72.8 Å². The molecule has 6 nitrogen and oxygen atoms in total. The maximum absolute atomic E-state index is 13.1. The standard InChI is InChI=1S/C9H4F2N3.C9H8N3.Ir/c10-7-3-2-6(8(11)14-7)9-12-4-1-5-13-9;1-11-7-10-12(8-11)9-5-3-2-4-6-9;/h1,3-5H;2-5,7H,1H3;/q-1;+1;. The predicted molar refractivity (Wildman–Crippen MR) is 88.9 cm³/mol. The average molecular weight is 543 g/mol. The number of hydrogen-bond acceptors (Lipinski definition) is 4. The molecule has 0 atom stereocenters. The summed E-state index contributed by atoms with van der Waals surface area (Å²) in [5, 5.41) is 4.08. The fraction of sp³-hybridized carbons (Fsp3) is 0.0556. The zero-order valence-corrected chi connectivity index (χ0v) is 16.4. The smallest absolute Gasteiger partial charge is 0.291 e. The van der Waals surface area contributed by atoms with Gasteiger partial charge in [0, 0.05) is 32.5 Å². The third-order valence-electron chi connectivity index (χ3n) is 3.05. The molecule has 2 aromatic heterocycles. The molecule has 3 heterocycles. The van der Waals surface area contributed by atoms with E-state index in [4.69, 9.17) is 0 Å². The average Bonchev–Trinajstić information content (AvgIpc) is 3.10. The van der Waals surface area contributed by atoms with Crippen molar-refractivity contribution >= 4 is 18.0 Å². The van der Waals surface area contributed by atoms with Crippen molar-refractivity contribution in [1.29, 1.82) is 0 Å². The molecule has 27 heavy (non-hydrogen) atoms. The molecule has 0 aliphatic carbocycles. The number of aromatic nitrogens is 3. The minimum Gasteiger partial charge on any atom is -0.291 e. The van der Waals surface area contributed by atoms with E-state index in [9.17, 15) is 8.78 Å². The van der Waals surface area contributed by atoms with Gasteiger partial charge in [0.15, 0.2) is 0 Å². The van der Waals surface area contributed by atoms with Gasteiger partial charge in [-0.3, -0.25) is 15.0 Å². The SMILES string of the molecule is C[N+]1=C=[N+](c2[c-]cccc2)N=C1.Fc1c[c-]c(-c2ncccn2)c(F)n1.[Ir]. The molecule has 3 aromatic rings. The van der Waals surface area contributed by atoms with Crippen molar-refractivity contribution in [1.82, 2.24) is 15.0 Å². The van der Waals surface area contributed by atoms with Crippen LogP contribution in [0.15, 0.2) is 53.9 Å². The summed E-state index contributed by atoms with van der Waals surface area (Å²) >= 11 is 0. The second kappa shape index (κ2) is 9.64. The quantitative estimate of drug-likeness (QED) is 0.284. The molecular weight excluding hydrogens is 530 g/mol. The summed E-state index contributed by atoms with van der Waals surface area (Å²) < 4.78 is 28.9. The third kappa shape index (κ3) is 5.49. The predicted octanol–water partition coefficient (Wildman–Crippen LogP) is 2.52. The summed E-state index contributed by atoms with van der Waals surface area (Å²) in [5.74, 6) is -1.74. The Bertz CT molecular complexity index is 1000. The summed E-state index contributed by atoms with van der Waals surface area (Å²) in [5.41, 5.74) is 0.866. The van der Waals surface area contributed by atoms with E-state index >= 15 is 0 Å². The van der Waals surface area contributed by atoms with E-state index in [1.165, 1.54) is 12.4 Å². The van der Waals surface area contributed by atoms with Gasteiger partial charge in [-0.25, -0.2) is 8.78 Å².